The highest BCUT2D eigenvalue weighted by Crippen LogP contribution is 2.25. The second-order valence-corrected chi connectivity index (χ2v) is 5.72. The molecule has 0 fully saturated rings. The molecule has 0 aromatic carbocycles. The predicted molar refractivity (Wildman–Crippen MR) is 75.5 cm³/mol. The molecule has 0 N–H and O–H groups in total. The van der Waals surface area contributed by atoms with Crippen LogP contribution in [0.1, 0.15) is 20.8 Å². The first-order chi connectivity index (χ1) is 8.49. The third-order valence-corrected chi connectivity index (χ3v) is 3.55. The van der Waals surface area contributed by atoms with E-state index in [1.165, 1.54) is 0 Å². The molecule has 0 unspecified atom stereocenters. The van der Waals surface area contributed by atoms with Gasteiger partial charge in [0.2, 0.25) is 10.2 Å². The summed E-state index contributed by atoms with van der Waals surface area (Å²) in [5, 5.41) is -0.692. The number of carbonyl (C=O) groups excluding carboxylic acids is 3. The molecule has 0 aromatic rings. The molecule has 18 heavy (non-hydrogen) atoms. The third-order valence-electron chi connectivity index (χ3n) is 1.93. The maximum absolute atomic E-state index is 11.9. The number of thioether (sulfide) groups is 2. The van der Waals surface area contributed by atoms with Crippen LogP contribution < -0.4 is 0 Å². The summed E-state index contributed by atoms with van der Waals surface area (Å²) in [6, 6.07) is 0. The minimum Gasteiger partial charge on any atom is -0.463 e. The van der Waals surface area contributed by atoms with Crippen LogP contribution in [0.25, 0.3) is 0 Å². The van der Waals surface area contributed by atoms with Crippen molar-refractivity contribution < 1.29 is 19.1 Å². The van der Waals surface area contributed by atoms with Crippen LogP contribution in [0.2, 0.25) is 0 Å². The predicted octanol–water partition coefficient (Wildman–Crippen LogP) is 2.28. The molecular weight excluding hydrogens is 272 g/mol. The van der Waals surface area contributed by atoms with E-state index in [0.29, 0.717) is 11.5 Å². The van der Waals surface area contributed by atoms with Crippen LogP contribution in [0.5, 0.6) is 0 Å². The molecule has 0 aliphatic rings. The highest BCUT2D eigenvalue weighted by Gasteiger charge is 2.33. The van der Waals surface area contributed by atoms with Crippen molar-refractivity contribution >= 4 is 39.7 Å². The second kappa shape index (κ2) is 9.22. The number of hydrogen-bond acceptors (Lipinski definition) is 6. The van der Waals surface area contributed by atoms with E-state index in [2.05, 4.69) is 6.58 Å². The molecule has 0 saturated carbocycles. The van der Waals surface area contributed by atoms with E-state index in [1.807, 2.05) is 13.8 Å². The summed E-state index contributed by atoms with van der Waals surface area (Å²) in [6.45, 7) is 9.00. The van der Waals surface area contributed by atoms with Crippen molar-refractivity contribution in [2.75, 3.05) is 18.1 Å². The summed E-state index contributed by atoms with van der Waals surface area (Å²) in [5.41, 5.74) is -0.0752. The standard InChI is InChI=1S/C12H18O4S2/c1-5-16-10(13)8(4)9(11(14)17-6-2)12(15)18-7-3/h9H,4-7H2,1-3H3. The van der Waals surface area contributed by atoms with Gasteiger partial charge in [0.1, 0.15) is 5.92 Å². The summed E-state index contributed by atoms with van der Waals surface area (Å²) >= 11 is 2.03. The highest BCUT2D eigenvalue weighted by molar-refractivity contribution is 8.15. The minimum atomic E-state index is -1.10. The average molecular weight is 290 g/mol. The quantitative estimate of drug-likeness (QED) is 0.407. The van der Waals surface area contributed by atoms with Gasteiger partial charge in [0.25, 0.3) is 0 Å². The van der Waals surface area contributed by atoms with Crippen LogP contribution in [0, 0.1) is 5.92 Å². The first-order valence-corrected chi connectivity index (χ1v) is 7.65. The fourth-order valence-electron chi connectivity index (χ4n) is 1.17. The molecule has 0 aliphatic heterocycles. The first kappa shape index (κ1) is 17.2. The highest BCUT2D eigenvalue weighted by atomic mass is 32.2. The largest absolute Gasteiger partial charge is 0.463 e. The van der Waals surface area contributed by atoms with Gasteiger partial charge in [-0.2, -0.15) is 0 Å². The topological polar surface area (TPSA) is 60.4 Å². The van der Waals surface area contributed by atoms with E-state index in [-0.39, 0.29) is 22.4 Å². The van der Waals surface area contributed by atoms with Gasteiger partial charge >= 0.3 is 5.97 Å². The van der Waals surface area contributed by atoms with Crippen LogP contribution in [0.4, 0.5) is 0 Å². The van der Waals surface area contributed by atoms with E-state index in [4.69, 9.17) is 4.74 Å². The molecular formula is C12H18O4S2. The normalized spacial score (nSPS) is 10.2. The monoisotopic (exact) mass is 290 g/mol. The molecule has 0 atom stereocenters. The Morgan fingerprint density at radius 3 is 1.83 bits per heavy atom. The van der Waals surface area contributed by atoms with Gasteiger partial charge in [-0.15, -0.1) is 0 Å². The van der Waals surface area contributed by atoms with Gasteiger partial charge in [-0.1, -0.05) is 44.0 Å². The van der Waals surface area contributed by atoms with Gasteiger partial charge in [-0.3, -0.25) is 9.59 Å². The number of hydrogen-bond donors (Lipinski definition) is 0. The van der Waals surface area contributed by atoms with E-state index < -0.39 is 11.9 Å². The molecule has 0 aromatic heterocycles. The number of carbonyl (C=O) groups is 3. The van der Waals surface area contributed by atoms with Crippen molar-refractivity contribution in [3.05, 3.63) is 12.2 Å². The van der Waals surface area contributed by atoms with E-state index in [9.17, 15) is 14.4 Å². The summed E-state index contributed by atoms with van der Waals surface area (Å²) in [5.74, 6) is -0.679. The van der Waals surface area contributed by atoms with E-state index in [1.54, 1.807) is 6.92 Å². The van der Waals surface area contributed by atoms with E-state index in [0.717, 1.165) is 23.5 Å². The van der Waals surface area contributed by atoms with Crippen LogP contribution in [-0.2, 0) is 19.1 Å². The molecule has 0 aliphatic carbocycles. The molecule has 0 spiro atoms. The molecule has 6 heteroatoms. The molecule has 0 radical (unpaired) electrons. The number of ether oxygens (including phenoxy) is 1. The zero-order valence-corrected chi connectivity index (χ0v) is 12.5. The number of rotatable bonds is 7. The Bertz CT molecular complexity index is 321. The molecule has 0 bridgehead atoms. The molecule has 102 valence electrons. The molecule has 0 saturated heterocycles. The Labute approximate surface area is 116 Å². The lowest BCUT2D eigenvalue weighted by Crippen LogP contribution is -2.27. The summed E-state index contributed by atoms with van der Waals surface area (Å²) in [7, 11) is 0. The average Bonchev–Trinajstić information content (AvgIpc) is 2.30. The fourth-order valence-corrected chi connectivity index (χ4v) is 2.65. The summed E-state index contributed by atoms with van der Waals surface area (Å²) in [6.07, 6.45) is 0. The minimum absolute atomic E-state index is 0.0752. The third kappa shape index (κ3) is 5.27. The molecule has 4 nitrogen and oxygen atoms in total. The lowest BCUT2D eigenvalue weighted by molar-refractivity contribution is -0.140. The fraction of sp³-hybridized carbons (Fsp3) is 0.583. The Morgan fingerprint density at radius 2 is 1.50 bits per heavy atom. The van der Waals surface area contributed by atoms with Gasteiger partial charge in [0.15, 0.2) is 0 Å². The molecule has 0 amide bonds. The SMILES string of the molecule is C=C(C(=O)OCC)C(C(=O)SCC)C(=O)SCC. The smallest absolute Gasteiger partial charge is 0.334 e. The molecule has 0 heterocycles. The molecule has 0 rings (SSSR count). The van der Waals surface area contributed by atoms with Crippen LogP contribution in [0.3, 0.4) is 0 Å². The van der Waals surface area contributed by atoms with Crippen molar-refractivity contribution in [1.29, 1.82) is 0 Å². The van der Waals surface area contributed by atoms with Crippen molar-refractivity contribution in [2.45, 2.75) is 20.8 Å². The number of esters is 1. The van der Waals surface area contributed by atoms with Crippen molar-refractivity contribution in [3.63, 3.8) is 0 Å². The van der Waals surface area contributed by atoms with Gasteiger partial charge in [0, 0.05) is 5.57 Å². The van der Waals surface area contributed by atoms with Crippen LogP contribution in [0.15, 0.2) is 12.2 Å². The Hall–Kier alpha value is -0.750. The summed E-state index contributed by atoms with van der Waals surface area (Å²) in [4.78, 5) is 35.3. The van der Waals surface area contributed by atoms with Crippen LogP contribution >= 0.6 is 23.5 Å². The lowest BCUT2D eigenvalue weighted by atomic mass is 10.0. The van der Waals surface area contributed by atoms with Gasteiger partial charge in [-0.25, -0.2) is 4.79 Å². The maximum atomic E-state index is 11.9. The summed E-state index contributed by atoms with van der Waals surface area (Å²) < 4.78 is 4.78. The Kier molecular flexibility index (Phi) is 8.83. The van der Waals surface area contributed by atoms with Crippen molar-refractivity contribution in [1.82, 2.24) is 0 Å². The van der Waals surface area contributed by atoms with Gasteiger partial charge < -0.3 is 4.74 Å². The Balaban J connectivity index is 4.96. The van der Waals surface area contributed by atoms with Crippen LogP contribution in [-0.4, -0.2) is 34.3 Å². The Morgan fingerprint density at radius 1 is 1.06 bits per heavy atom. The van der Waals surface area contributed by atoms with Crippen molar-refractivity contribution in [3.8, 4) is 0 Å². The lowest BCUT2D eigenvalue weighted by Gasteiger charge is -2.14. The first-order valence-electron chi connectivity index (χ1n) is 5.68. The van der Waals surface area contributed by atoms with Gasteiger partial charge in [-0.05, 0) is 18.4 Å². The van der Waals surface area contributed by atoms with E-state index >= 15 is 0 Å². The second-order valence-electron chi connectivity index (χ2n) is 3.18. The van der Waals surface area contributed by atoms with Crippen molar-refractivity contribution in [2.24, 2.45) is 5.92 Å². The zero-order chi connectivity index (χ0) is 14.1. The maximum Gasteiger partial charge on any atom is 0.334 e. The van der Waals surface area contributed by atoms with Gasteiger partial charge in [0.05, 0.1) is 6.61 Å². The zero-order valence-electron chi connectivity index (χ0n) is 10.9.